The van der Waals surface area contributed by atoms with Crippen LogP contribution in [0.5, 0.6) is 11.5 Å². The number of phenolic OH excluding ortho intramolecular Hbond substituents is 1. The van der Waals surface area contributed by atoms with Gasteiger partial charge in [0, 0.05) is 0 Å². The van der Waals surface area contributed by atoms with Crippen molar-refractivity contribution in [1.82, 2.24) is 0 Å². The maximum Gasteiger partial charge on any atom is 0.337 e. The van der Waals surface area contributed by atoms with Crippen LogP contribution in [-0.2, 0) is 14.4 Å². The number of aromatic hydroxyl groups is 1. The molecule has 37 heavy (non-hydrogen) atoms. The van der Waals surface area contributed by atoms with Gasteiger partial charge in [0.1, 0.15) is 53.9 Å². The van der Waals surface area contributed by atoms with E-state index in [0.717, 1.165) is 6.26 Å². The van der Waals surface area contributed by atoms with E-state index in [1.807, 2.05) is 0 Å². The van der Waals surface area contributed by atoms with Crippen LogP contribution in [0.1, 0.15) is 11.7 Å². The highest BCUT2D eigenvalue weighted by molar-refractivity contribution is 5.86. The highest BCUT2D eigenvalue weighted by atomic mass is 17.0. The van der Waals surface area contributed by atoms with E-state index in [0.29, 0.717) is 5.56 Å². The Morgan fingerprint density at radius 2 is 1.76 bits per heavy atom. The highest BCUT2D eigenvalue weighted by Crippen LogP contribution is 2.40. The molecule has 0 aliphatic carbocycles. The minimum atomic E-state index is -1.72. The molecule has 0 saturated carbocycles. The van der Waals surface area contributed by atoms with Gasteiger partial charge in [-0.2, -0.15) is 0 Å². The van der Waals surface area contributed by atoms with E-state index in [-0.39, 0.29) is 27.8 Å². The van der Waals surface area contributed by atoms with Crippen LogP contribution < -0.4 is 10.2 Å². The lowest BCUT2D eigenvalue weighted by atomic mass is 9.89. The third-order valence-electron chi connectivity index (χ3n) is 5.82. The molecule has 0 bridgehead atoms. The molecule has 14 nitrogen and oxygen atoms in total. The van der Waals surface area contributed by atoms with Gasteiger partial charge >= 0.3 is 5.97 Å². The monoisotopic (exact) mass is 519 g/mol. The van der Waals surface area contributed by atoms with Crippen LogP contribution in [0, 0.1) is 10.1 Å². The fourth-order valence-electron chi connectivity index (χ4n) is 3.99. The molecule has 196 valence electrons. The summed E-state index contributed by atoms with van der Waals surface area (Å²) in [5.74, 6) is -1.38. The summed E-state index contributed by atoms with van der Waals surface area (Å²) in [6, 6.07) is 8.04. The molecule has 5 atom stereocenters. The average molecular weight is 519 g/mol. The van der Waals surface area contributed by atoms with Gasteiger partial charge in [-0.05, 0) is 29.8 Å². The molecule has 1 aliphatic heterocycles. The Morgan fingerprint density at radius 3 is 2.41 bits per heavy atom. The summed E-state index contributed by atoms with van der Waals surface area (Å²) in [4.78, 5) is 38.9. The number of benzene rings is 2. The topological polar surface area (TPSA) is 219 Å². The molecule has 1 fully saturated rings. The molecule has 0 unspecified atom stereocenters. The predicted octanol–water partition coefficient (Wildman–Crippen LogP) is -0.206. The van der Waals surface area contributed by atoms with Crippen LogP contribution in [0.3, 0.4) is 0 Å². The van der Waals surface area contributed by atoms with Gasteiger partial charge in [0.05, 0.1) is 23.1 Å². The van der Waals surface area contributed by atoms with Gasteiger partial charge in [-0.3, -0.25) is 4.79 Å². The maximum atomic E-state index is 13.3. The Hall–Kier alpha value is -4.08. The van der Waals surface area contributed by atoms with Crippen molar-refractivity contribution in [3.63, 3.8) is 0 Å². The van der Waals surface area contributed by atoms with Crippen molar-refractivity contribution in [2.24, 2.45) is 0 Å². The Bertz CT molecular complexity index is 1370. The maximum absolute atomic E-state index is 13.3. The first kappa shape index (κ1) is 26.0. The van der Waals surface area contributed by atoms with Gasteiger partial charge in [-0.25, -0.2) is 4.79 Å². The normalized spacial score (nSPS) is 23.5. The number of esters is 1. The zero-order valence-corrected chi connectivity index (χ0v) is 18.8. The van der Waals surface area contributed by atoms with Gasteiger partial charge in [0.2, 0.25) is 5.43 Å². The number of ether oxygens (including phenoxy) is 2. The first-order chi connectivity index (χ1) is 17.6. The standard InChI is InChI=1S/C23H21NO13/c25-7-15-19(29)20(30)21(31)23(37-15)17-14(26)6-5-12-18(28)13(8-34-22(12)17)10-1-3-11(4-2-10)36-16(27)9-35-24(32)33/h1-6,8,15,19-21,23,25-26,29-31H,7,9H2/t15-,19-,20+,21-,23+/m1/s1. The minimum absolute atomic E-state index is 0.00491. The van der Waals surface area contributed by atoms with Crippen LogP contribution >= 0.6 is 0 Å². The molecule has 4 rings (SSSR count). The lowest BCUT2D eigenvalue weighted by Crippen LogP contribution is -2.55. The number of rotatable bonds is 7. The Labute approximate surface area is 206 Å². The molecular formula is C23H21NO13. The third kappa shape index (κ3) is 5.09. The van der Waals surface area contributed by atoms with Gasteiger partial charge in [0.25, 0.3) is 5.09 Å². The number of fused-ring (bicyclic) bond motifs is 1. The van der Waals surface area contributed by atoms with Crippen molar-refractivity contribution in [2.75, 3.05) is 13.2 Å². The second-order valence-electron chi connectivity index (χ2n) is 8.10. The Morgan fingerprint density at radius 1 is 1.05 bits per heavy atom. The van der Waals surface area contributed by atoms with E-state index in [1.165, 1.54) is 36.4 Å². The van der Waals surface area contributed by atoms with Crippen molar-refractivity contribution >= 4 is 16.9 Å². The number of hydrogen-bond acceptors (Lipinski definition) is 13. The Balaban J connectivity index is 1.66. The summed E-state index contributed by atoms with van der Waals surface area (Å²) in [5.41, 5.74) is -0.380. The van der Waals surface area contributed by atoms with Crippen LogP contribution in [0.15, 0.2) is 51.9 Å². The van der Waals surface area contributed by atoms with Gasteiger partial charge < -0.3 is 44.3 Å². The lowest BCUT2D eigenvalue weighted by Gasteiger charge is -2.40. The lowest BCUT2D eigenvalue weighted by molar-refractivity contribution is -0.754. The molecule has 0 amide bonds. The van der Waals surface area contributed by atoms with Crippen LogP contribution in [0.2, 0.25) is 0 Å². The van der Waals surface area contributed by atoms with Crippen molar-refractivity contribution in [3.05, 3.63) is 68.6 Å². The van der Waals surface area contributed by atoms with E-state index >= 15 is 0 Å². The third-order valence-corrected chi connectivity index (χ3v) is 5.82. The number of phenols is 1. The van der Waals surface area contributed by atoms with E-state index in [2.05, 4.69) is 4.84 Å². The van der Waals surface area contributed by atoms with E-state index in [4.69, 9.17) is 13.9 Å². The highest BCUT2D eigenvalue weighted by Gasteiger charge is 2.45. The summed E-state index contributed by atoms with van der Waals surface area (Å²) < 4.78 is 16.1. The van der Waals surface area contributed by atoms with E-state index in [9.17, 15) is 45.2 Å². The van der Waals surface area contributed by atoms with E-state index in [1.54, 1.807) is 0 Å². The molecule has 3 aromatic rings. The average Bonchev–Trinajstić information content (AvgIpc) is 2.87. The van der Waals surface area contributed by atoms with Gasteiger partial charge in [0.15, 0.2) is 6.61 Å². The summed E-state index contributed by atoms with van der Waals surface area (Å²) >= 11 is 0. The van der Waals surface area contributed by atoms with E-state index < -0.39 is 66.0 Å². The summed E-state index contributed by atoms with van der Waals surface area (Å²) in [7, 11) is 0. The zero-order chi connectivity index (χ0) is 26.9. The predicted molar refractivity (Wildman–Crippen MR) is 121 cm³/mol. The summed E-state index contributed by atoms with van der Waals surface area (Å²) in [6.07, 6.45) is -6.64. The van der Waals surface area contributed by atoms with Crippen LogP contribution in [0.4, 0.5) is 0 Å². The Kier molecular flexibility index (Phi) is 7.37. The first-order valence-corrected chi connectivity index (χ1v) is 10.8. The smallest absolute Gasteiger partial charge is 0.337 e. The van der Waals surface area contributed by atoms with Crippen molar-refractivity contribution in [2.45, 2.75) is 30.5 Å². The van der Waals surface area contributed by atoms with Crippen LogP contribution in [0.25, 0.3) is 22.1 Å². The van der Waals surface area contributed by atoms with Crippen molar-refractivity contribution in [1.29, 1.82) is 0 Å². The molecule has 14 heteroatoms. The number of aliphatic hydroxyl groups is 4. The first-order valence-electron chi connectivity index (χ1n) is 10.8. The van der Waals surface area contributed by atoms with Crippen molar-refractivity contribution < 1.29 is 54.1 Å². The number of carbonyl (C=O) groups is 1. The molecule has 1 aliphatic rings. The second kappa shape index (κ2) is 10.5. The molecule has 1 aromatic heterocycles. The minimum Gasteiger partial charge on any atom is -0.507 e. The van der Waals surface area contributed by atoms with Crippen LogP contribution in [-0.4, -0.2) is 74.2 Å². The summed E-state index contributed by atoms with van der Waals surface area (Å²) in [6.45, 7) is -1.58. The van der Waals surface area contributed by atoms with Crippen molar-refractivity contribution in [3.8, 4) is 22.6 Å². The molecule has 5 N–H and O–H groups in total. The number of aliphatic hydroxyl groups excluding tert-OH is 4. The molecule has 1 saturated heterocycles. The van der Waals surface area contributed by atoms with Gasteiger partial charge in [-0.15, -0.1) is 10.1 Å². The molecule has 2 heterocycles. The molecular weight excluding hydrogens is 498 g/mol. The number of hydrogen-bond donors (Lipinski definition) is 5. The number of carbonyl (C=O) groups excluding carboxylic acids is 1. The summed E-state index contributed by atoms with van der Waals surface area (Å²) in [5, 5.41) is 59.6. The van der Waals surface area contributed by atoms with Gasteiger partial charge in [-0.1, -0.05) is 12.1 Å². The quantitative estimate of drug-likeness (QED) is 0.118. The molecule has 0 spiro atoms. The SMILES string of the molecule is O=C(CO[N+](=O)[O-])Oc1ccc(-c2coc3c([C@@H]4O[C@H](CO)[C@@H](O)[C@H](O)[C@H]4O)c(O)ccc3c2=O)cc1. The fourth-order valence-corrected chi connectivity index (χ4v) is 3.99. The molecule has 2 aromatic carbocycles. The zero-order valence-electron chi connectivity index (χ0n) is 18.8. The fraction of sp³-hybridized carbons (Fsp3) is 0.304. The molecule has 0 radical (unpaired) electrons. The largest absolute Gasteiger partial charge is 0.507 e. The second-order valence-corrected chi connectivity index (χ2v) is 8.10. The number of nitrogens with zero attached hydrogens (tertiary/aromatic N) is 1.